The summed E-state index contributed by atoms with van der Waals surface area (Å²) in [6.45, 7) is 0.687. The maximum absolute atomic E-state index is 10.3. The second kappa shape index (κ2) is 6.28. The number of benzene rings is 2. The van der Waals surface area contributed by atoms with Gasteiger partial charge < -0.3 is 19.9 Å². The minimum atomic E-state index is -0.600. The Hall–Kier alpha value is -1.85. The van der Waals surface area contributed by atoms with Crippen molar-refractivity contribution in [1.82, 2.24) is 0 Å². The molecule has 110 valence electrons. The van der Waals surface area contributed by atoms with Gasteiger partial charge >= 0.3 is 0 Å². The first-order valence-electron chi connectivity index (χ1n) is 6.72. The molecule has 0 fully saturated rings. The topological polar surface area (TPSA) is 50.7 Å². The lowest BCUT2D eigenvalue weighted by atomic mass is 10.1. The van der Waals surface area contributed by atoms with Gasteiger partial charge in [-0.3, -0.25) is 0 Å². The highest BCUT2D eigenvalue weighted by atomic mass is 32.2. The van der Waals surface area contributed by atoms with Crippen LogP contribution in [0.5, 0.6) is 11.5 Å². The van der Waals surface area contributed by atoms with E-state index in [1.54, 1.807) is 11.8 Å². The van der Waals surface area contributed by atoms with Gasteiger partial charge in [-0.1, -0.05) is 12.1 Å². The van der Waals surface area contributed by atoms with Gasteiger partial charge in [-0.05, 0) is 42.2 Å². The van der Waals surface area contributed by atoms with E-state index in [4.69, 9.17) is 9.47 Å². The Kier molecular flexibility index (Phi) is 4.22. The first-order chi connectivity index (χ1) is 10.3. The van der Waals surface area contributed by atoms with Gasteiger partial charge in [0.25, 0.3) is 0 Å². The molecule has 21 heavy (non-hydrogen) atoms. The summed E-state index contributed by atoms with van der Waals surface area (Å²) in [4.78, 5) is 1.19. The molecule has 5 heteroatoms. The fourth-order valence-electron chi connectivity index (χ4n) is 2.19. The van der Waals surface area contributed by atoms with E-state index in [2.05, 4.69) is 17.4 Å². The monoisotopic (exact) mass is 303 g/mol. The maximum atomic E-state index is 10.3. The molecule has 1 unspecified atom stereocenters. The van der Waals surface area contributed by atoms with Crippen LogP contribution in [0.25, 0.3) is 0 Å². The van der Waals surface area contributed by atoms with Crippen molar-refractivity contribution in [3.8, 4) is 11.5 Å². The molecule has 2 N–H and O–H groups in total. The second-order valence-electron chi connectivity index (χ2n) is 4.74. The largest absolute Gasteiger partial charge is 0.454 e. The van der Waals surface area contributed by atoms with Gasteiger partial charge in [0.05, 0.1) is 6.10 Å². The fraction of sp³-hybridized carbons (Fsp3) is 0.250. The van der Waals surface area contributed by atoms with Crippen molar-refractivity contribution in [2.45, 2.75) is 11.0 Å². The average Bonchev–Trinajstić information content (AvgIpc) is 3.00. The number of thioether (sulfide) groups is 1. The summed E-state index contributed by atoms with van der Waals surface area (Å²) in [5.74, 6) is 1.42. The summed E-state index contributed by atoms with van der Waals surface area (Å²) < 4.78 is 10.6. The van der Waals surface area contributed by atoms with E-state index in [1.165, 1.54) is 4.90 Å². The molecular weight excluding hydrogens is 286 g/mol. The Morgan fingerprint density at radius 3 is 2.90 bits per heavy atom. The molecule has 3 rings (SSSR count). The highest BCUT2D eigenvalue weighted by molar-refractivity contribution is 7.98. The predicted octanol–water partition coefficient (Wildman–Crippen LogP) is 3.28. The molecule has 1 atom stereocenters. The van der Waals surface area contributed by atoms with Crippen LogP contribution >= 0.6 is 11.8 Å². The van der Waals surface area contributed by atoms with Crippen LogP contribution in [0.15, 0.2) is 47.4 Å². The number of nitrogens with one attached hydrogen (secondary N) is 1. The van der Waals surface area contributed by atoms with Crippen LogP contribution in [0.3, 0.4) is 0 Å². The number of anilines is 1. The Balaban J connectivity index is 1.64. The van der Waals surface area contributed by atoms with Crippen molar-refractivity contribution >= 4 is 17.4 Å². The molecule has 1 heterocycles. The molecule has 1 aliphatic rings. The summed E-state index contributed by atoms with van der Waals surface area (Å²) in [5, 5.41) is 13.5. The predicted molar refractivity (Wildman–Crippen MR) is 84.2 cm³/mol. The van der Waals surface area contributed by atoms with Crippen LogP contribution in [-0.2, 0) is 0 Å². The van der Waals surface area contributed by atoms with Crippen LogP contribution in [0.1, 0.15) is 11.7 Å². The molecule has 1 aliphatic heterocycles. The van der Waals surface area contributed by atoms with Crippen LogP contribution in [-0.4, -0.2) is 24.7 Å². The van der Waals surface area contributed by atoms with Crippen molar-refractivity contribution in [3.05, 3.63) is 48.0 Å². The number of hydrogen-bond donors (Lipinski definition) is 2. The lowest BCUT2D eigenvalue weighted by Crippen LogP contribution is -2.12. The normalized spacial score (nSPS) is 14.0. The Bertz CT molecular complexity index is 633. The third kappa shape index (κ3) is 3.25. The molecule has 2 aromatic rings. The van der Waals surface area contributed by atoms with Crippen LogP contribution in [0, 0.1) is 0 Å². The molecule has 0 amide bonds. The van der Waals surface area contributed by atoms with Gasteiger partial charge in [0.1, 0.15) is 0 Å². The number of fused-ring (bicyclic) bond motifs is 1. The molecule has 0 saturated carbocycles. The lowest BCUT2D eigenvalue weighted by Gasteiger charge is -2.14. The van der Waals surface area contributed by atoms with Crippen molar-refractivity contribution in [1.29, 1.82) is 0 Å². The molecule has 2 aromatic carbocycles. The third-order valence-electron chi connectivity index (χ3n) is 3.35. The molecule has 0 radical (unpaired) electrons. The maximum Gasteiger partial charge on any atom is 0.231 e. The van der Waals surface area contributed by atoms with E-state index in [9.17, 15) is 5.11 Å². The summed E-state index contributed by atoms with van der Waals surface area (Å²) in [5.41, 5.74) is 1.81. The summed E-state index contributed by atoms with van der Waals surface area (Å²) in [7, 11) is 0. The Morgan fingerprint density at radius 1 is 1.19 bits per heavy atom. The zero-order chi connectivity index (χ0) is 14.7. The number of ether oxygens (including phenoxy) is 2. The molecule has 0 aliphatic carbocycles. The molecular formula is C16H17NO3S. The quantitative estimate of drug-likeness (QED) is 0.830. The Morgan fingerprint density at radius 2 is 2.05 bits per heavy atom. The van der Waals surface area contributed by atoms with E-state index in [0.717, 1.165) is 17.0 Å². The highest BCUT2D eigenvalue weighted by Crippen LogP contribution is 2.34. The SMILES string of the molecule is CSc1cccc(NCC(O)c2ccc3c(c2)OCO3)c1. The summed E-state index contributed by atoms with van der Waals surface area (Å²) >= 11 is 1.69. The van der Waals surface area contributed by atoms with Gasteiger partial charge in [0.2, 0.25) is 6.79 Å². The van der Waals surface area contributed by atoms with E-state index < -0.39 is 6.10 Å². The molecule has 0 bridgehead atoms. The number of aliphatic hydroxyl groups is 1. The van der Waals surface area contributed by atoms with Crippen LogP contribution in [0.4, 0.5) is 5.69 Å². The first-order valence-corrected chi connectivity index (χ1v) is 7.94. The lowest BCUT2D eigenvalue weighted by molar-refractivity contribution is 0.173. The van der Waals surface area contributed by atoms with E-state index >= 15 is 0 Å². The molecule has 0 spiro atoms. The first kappa shape index (κ1) is 14.1. The average molecular weight is 303 g/mol. The minimum absolute atomic E-state index is 0.245. The van der Waals surface area contributed by atoms with Crippen molar-refractivity contribution < 1.29 is 14.6 Å². The number of aliphatic hydroxyl groups excluding tert-OH is 1. The van der Waals surface area contributed by atoms with Crippen LogP contribution < -0.4 is 14.8 Å². The van der Waals surface area contributed by atoms with E-state index in [1.807, 2.05) is 36.6 Å². The zero-order valence-electron chi connectivity index (χ0n) is 11.7. The van der Waals surface area contributed by atoms with Crippen molar-refractivity contribution in [2.24, 2.45) is 0 Å². The molecule has 4 nitrogen and oxygen atoms in total. The smallest absolute Gasteiger partial charge is 0.231 e. The van der Waals surface area contributed by atoms with Gasteiger partial charge in [0, 0.05) is 17.1 Å². The molecule has 0 saturated heterocycles. The summed E-state index contributed by atoms with van der Waals surface area (Å²) in [6.07, 6.45) is 1.44. The van der Waals surface area contributed by atoms with Gasteiger partial charge in [0.15, 0.2) is 11.5 Å². The zero-order valence-corrected chi connectivity index (χ0v) is 12.5. The third-order valence-corrected chi connectivity index (χ3v) is 4.08. The highest BCUT2D eigenvalue weighted by Gasteiger charge is 2.16. The van der Waals surface area contributed by atoms with Crippen molar-refractivity contribution in [2.75, 3.05) is 24.9 Å². The standard InChI is InChI=1S/C16H17NO3S/c1-21-13-4-2-3-12(8-13)17-9-14(18)11-5-6-15-16(7-11)20-10-19-15/h2-8,14,17-18H,9-10H2,1H3. The van der Waals surface area contributed by atoms with Crippen LogP contribution in [0.2, 0.25) is 0 Å². The van der Waals surface area contributed by atoms with Gasteiger partial charge in [-0.15, -0.1) is 11.8 Å². The fourth-order valence-corrected chi connectivity index (χ4v) is 2.65. The minimum Gasteiger partial charge on any atom is -0.454 e. The number of rotatable bonds is 5. The summed E-state index contributed by atoms with van der Waals surface area (Å²) in [6, 6.07) is 13.6. The van der Waals surface area contributed by atoms with E-state index in [-0.39, 0.29) is 6.79 Å². The van der Waals surface area contributed by atoms with E-state index in [0.29, 0.717) is 12.3 Å². The Labute approximate surface area is 128 Å². The van der Waals surface area contributed by atoms with Gasteiger partial charge in [-0.25, -0.2) is 0 Å². The van der Waals surface area contributed by atoms with Gasteiger partial charge in [-0.2, -0.15) is 0 Å². The second-order valence-corrected chi connectivity index (χ2v) is 5.62. The molecule has 0 aromatic heterocycles. The number of hydrogen-bond acceptors (Lipinski definition) is 5. The van der Waals surface area contributed by atoms with Crippen molar-refractivity contribution in [3.63, 3.8) is 0 Å².